The van der Waals surface area contributed by atoms with Crippen molar-refractivity contribution in [3.05, 3.63) is 0 Å². The van der Waals surface area contributed by atoms with E-state index in [4.69, 9.17) is 5.11 Å². The van der Waals surface area contributed by atoms with E-state index in [1.54, 1.807) is 0 Å². The molecule has 1 rings (SSSR count). The molecule has 0 bridgehead atoms. The van der Waals surface area contributed by atoms with Crippen LogP contribution in [0.25, 0.3) is 0 Å². The zero-order chi connectivity index (χ0) is 10.8. The minimum absolute atomic E-state index is 0.0131. The smallest absolute Gasteiger partial charge is 0.322 e. The molecular formula is C9H17N3O2. The van der Waals surface area contributed by atoms with Crippen LogP contribution in [-0.4, -0.2) is 47.1 Å². The van der Waals surface area contributed by atoms with Crippen LogP contribution < -0.4 is 5.32 Å². The second-order valence-corrected chi connectivity index (χ2v) is 4.28. The molecule has 0 atom stereocenters. The number of carboxylic acid groups (broad SMARTS) is 1. The lowest BCUT2D eigenvalue weighted by molar-refractivity contribution is -0.135. The quantitative estimate of drug-likeness (QED) is 0.663. The van der Waals surface area contributed by atoms with E-state index < -0.39 is 5.97 Å². The molecule has 14 heavy (non-hydrogen) atoms. The van der Waals surface area contributed by atoms with E-state index in [1.165, 1.54) is 0 Å². The predicted octanol–water partition coefficient (Wildman–Crippen LogP) is 0.131. The third kappa shape index (κ3) is 2.61. The number of carbonyl (C=O) groups is 1. The minimum atomic E-state index is -0.867. The molecule has 0 radical (unpaired) electrons. The molecule has 0 fully saturated rings. The van der Waals surface area contributed by atoms with Crippen LogP contribution in [0.2, 0.25) is 0 Å². The number of nitrogens with zero attached hydrogens (tertiary/aromatic N) is 2. The van der Waals surface area contributed by atoms with Gasteiger partial charge in [-0.2, -0.15) is 0 Å². The molecule has 80 valence electrons. The zero-order valence-corrected chi connectivity index (χ0v) is 8.87. The number of carboxylic acids is 1. The molecule has 0 saturated heterocycles. The highest BCUT2D eigenvalue weighted by Crippen LogP contribution is 2.15. The number of hydrogen-bond acceptors (Lipinski definition) is 4. The van der Waals surface area contributed by atoms with Gasteiger partial charge in [0.25, 0.3) is 0 Å². The monoisotopic (exact) mass is 199 g/mol. The van der Waals surface area contributed by atoms with E-state index in [-0.39, 0.29) is 12.1 Å². The zero-order valence-electron chi connectivity index (χ0n) is 8.87. The van der Waals surface area contributed by atoms with Crippen molar-refractivity contribution in [1.82, 2.24) is 10.2 Å². The molecule has 1 aliphatic rings. The Bertz CT molecular complexity index is 255. The summed E-state index contributed by atoms with van der Waals surface area (Å²) < 4.78 is 0. The Morgan fingerprint density at radius 3 is 2.79 bits per heavy atom. The van der Waals surface area contributed by atoms with Crippen molar-refractivity contribution in [1.29, 1.82) is 0 Å². The summed E-state index contributed by atoms with van der Waals surface area (Å²) in [6.07, 6.45) is 0. The van der Waals surface area contributed by atoms with Crippen LogP contribution in [0.3, 0.4) is 0 Å². The van der Waals surface area contributed by atoms with Gasteiger partial charge in [0.2, 0.25) is 0 Å². The predicted molar refractivity (Wildman–Crippen MR) is 54.4 cm³/mol. The summed E-state index contributed by atoms with van der Waals surface area (Å²) in [4.78, 5) is 16.7. The van der Waals surface area contributed by atoms with Gasteiger partial charge in [-0.1, -0.05) is 0 Å². The fraction of sp³-hybridized carbons (Fsp3) is 0.778. The molecule has 1 heterocycles. The van der Waals surface area contributed by atoms with Crippen molar-refractivity contribution < 1.29 is 9.90 Å². The van der Waals surface area contributed by atoms with Gasteiger partial charge in [0.15, 0.2) is 5.96 Å². The maximum absolute atomic E-state index is 10.4. The number of aliphatic imine (C=N–C) groups is 1. The average molecular weight is 199 g/mol. The SMILES string of the molecule is CC(C)(C)N1CCN=C1NCC(=O)O. The summed E-state index contributed by atoms with van der Waals surface area (Å²) in [5, 5.41) is 11.3. The van der Waals surface area contributed by atoms with Gasteiger partial charge in [-0.25, -0.2) is 0 Å². The second kappa shape index (κ2) is 3.86. The molecule has 2 N–H and O–H groups in total. The van der Waals surface area contributed by atoms with Gasteiger partial charge in [0.05, 0.1) is 6.54 Å². The topological polar surface area (TPSA) is 64.9 Å². The summed E-state index contributed by atoms with van der Waals surface area (Å²) >= 11 is 0. The van der Waals surface area contributed by atoms with Gasteiger partial charge in [-0.15, -0.1) is 0 Å². The lowest BCUT2D eigenvalue weighted by Gasteiger charge is -2.34. The molecule has 0 aromatic rings. The Hall–Kier alpha value is -1.26. The Kier molecular flexibility index (Phi) is 2.98. The number of hydrogen-bond donors (Lipinski definition) is 2. The van der Waals surface area contributed by atoms with Gasteiger partial charge in [0, 0.05) is 12.1 Å². The average Bonchev–Trinajstić information content (AvgIpc) is 2.46. The second-order valence-electron chi connectivity index (χ2n) is 4.28. The summed E-state index contributed by atoms with van der Waals surface area (Å²) in [7, 11) is 0. The van der Waals surface area contributed by atoms with Gasteiger partial charge < -0.3 is 15.3 Å². The molecule has 0 saturated carbocycles. The number of rotatable bonds is 2. The van der Waals surface area contributed by atoms with E-state index >= 15 is 0 Å². The summed E-state index contributed by atoms with van der Waals surface area (Å²) in [6, 6.07) is 0. The number of aliphatic carboxylic acids is 1. The van der Waals surface area contributed by atoms with Gasteiger partial charge >= 0.3 is 5.97 Å². The summed E-state index contributed by atoms with van der Waals surface area (Å²) in [5.74, 6) is -0.173. The molecular weight excluding hydrogens is 182 g/mol. The van der Waals surface area contributed by atoms with Crippen LogP contribution in [0.1, 0.15) is 20.8 Å². The van der Waals surface area contributed by atoms with E-state index in [0.717, 1.165) is 13.1 Å². The highest BCUT2D eigenvalue weighted by molar-refractivity contribution is 5.85. The maximum Gasteiger partial charge on any atom is 0.322 e. The third-order valence-electron chi connectivity index (χ3n) is 2.05. The van der Waals surface area contributed by atoms with Gasteiger partial charge in [-0.3, -0.25) is 9.79 Å². The van der Waals surface area contributed by atoms with Crippen LogP contribution in [-0.2, 0) is 4.79 Å². The first-order valence-electron chi connectivity index (χ1n) is 4.69. The molecule has 0 aromatic carbocycles. The Balaban J connectivity index is 2.55. The molecule has 0 aliphatic carbocycles. The summed E-state index contributed by atoms with van der Waals surface area (Å²) in [6.45, 7) is 7.75. The molecule has 0 spiro atoms. The van der Waals surface area contributed by atoms with E-state index in [0.29, 0.717) is 5.96 Å². The van der Waals surface area contributed by atoms with Crippen molar-refractivity contribution in [2.24, 2.45) is 4.99 Å². The van der Waals surface area contributed by atoms with Gasteiger partial charge in [0.1, 0.15) is 6.54 Å². The summed E-state index contributed by atoms with van der Waals surface area (Å²) in [5.41, 5.74) is -0.0131. The van der Waals surface area contributed by atoms with Crippen molar-refractivity contribution in [2.75, 3.05) is 19.6 Å². The van der Waals surface area contributed by atoms with Crippen molar-refractivity contribution in [3.63, 3.8) is 0 Å². The normalized spacial score (nSPS) is 16.8. The lowest BCUT2D eigenvalue weighted by Crippen LogP contribution is -2.50. The molecule has 0 amide bonds. The highest BCUT2D eigenvalue weighted by atomic mass is 16.4. The lowest BCUT2D eigenvalue weighted by atomic mass is 10.1. The van der Waals surface area contributed by atoms with Crippen LogP contribution in [0.4, 0.5) is 0 Å². The largest absolute Gasteiger partial charge is 0.480 e. The number of nitrogens with one attached hydrogen (secondary N) is 1. The molecule has 1 aliphatic heterocycles. The molecule has 5 nitrogen and oxygen atoms in total. The van der Waals surface area contributed by atoms with Crippen LogP contribution >= 0.6 is 0 Å². The first-order valence-corrected chi connectivity index (χ1v) is 4.69. The van der Waals surface area contributed by atoms with E-state index in [1.807, 2.05) is 0 Å². The Morgan fingerprint density at radius 2 is 2.29 bits per heavy atom. The van der Waals surface area contributed by atoms with Crippen LogP contribution in [0.15, 0.2) is 4.99 Å². The maximum atomic E-state index is 10.4. The fourth-order valence-corrected chi connectivity index (χ4v) is 1.41. The first-order chi connectivity index (χ1) is 6.41. The fourth-order valence-electron chi connectivity index (χ4n) is 1.41. The van der Waals surface area contributed by atoms with Gasteiger partial charge in [-0.05, 0) is 20.8 Å². The molecule has 5 heteroatoms. The van der Waals surface area contributed by atoms with Crippen molar-refractivity contribution in [3.8, 4) is 0 Å². The van der Waals surface area contributed by atoms with Crippen LogP contribution in [0, 0.1) is 0 Å². The van der Waals surface area contributed by atoms with Crippen molar-refractivity contribution >= 4 is 11.9 Å². The van der Waals surface area contributed by atoms with Crippen LogP contribution in [0.5, 0.6) is 0 Å². The highest BCUT2D eigenvalue weighted by Gasteiger charge is 2.27. The van der Waals surface area contributed by atoms with E-state index in [9.17, 15) is 4.79 Å². The Morgan fingerprint density at radius 1 is 1.64 bits per heavy atom. The first kappa shape index (κ1) is 10.8. The Labute approximate surface area is 83.8 Å². The third-order valence-corrected chi connectivity index (χ3v) is 2.05. The molecule has 0 aromatic heterocycles. The molecule has 0 unspecified atom stereocenters. The van der Waals surface area contributed by atoms with Crippen molar-refractivity contribution in [2.45, 2.75) is 26.3 Å². The number of guanidine groups is 1. The van der Waals surface area contributed by atoms with E-state index in [2.05, 4.69) is 36.0 Å². The minimum Gasteiger partial charge on any atom is -0.480 e. The standard InChI is InChI=1S/C9H17N3O2/c1-9(2,3)12-5-4-10-8(12)11-6-7(13)14/h4-6H2,1-3H3,(H,10,11)(H,13,14).